The van der Waals surface area contributed by atoms with Crippen LogP contribution in [-0.4, -0.2) is 46.7 Å². The molecule has 0 aromatic heterocycles. The zero-order chi connectivity index (χ0) is 20.7. The van der Waals surface area contributed by atoms with Crippen LogP contribution in [0.25, 0.3) is 0 Å². The van der Waals surface area contributed by atoms with Crippen LogP contribution in [-0.2, 0) is 26.0 Å². The number of halogens is 1. The van der Waals surface area contributed by atoms with Gasteiger partial charge in [-0.25, -0.2) is 17.6 Å². The zero-order valence-corrected chi connectivity index (χ0v) is 16.3. The van der Waals surface area contributed by atoms with E-state index >= 15 is 0 Å². The molecule has 2 aromatic rings. The summed E-state index contributed by atoms with van der Waals surface area (Å²) in [6.07, 6.45) is 1.52. The second-order valence-electron chi connectivity index (χ2n) is 6.05. The fourth-order valence-electron chi connectivity index (χ4n) is 2.36. The smallest absolute Gasteiger partial charge is 0.340 e. The number of esters is 1. The van der Waals surface area contributed by atoms with Crippen LogP contribution in [0.3, 0.4) is 0 Å². The van der Waals surface area contributed by atoms with Crippen molar-refractivity contribution in [3.05, 3.63) is 65.5 Å². The normalized spacial score (nSPS) is 11.0. The van der Waals surface area contributed by atoms with Gasteiger partial charge >= 0.3 is 5.97 Å². The Morgan fingerprint density at radius 2 is 1.75 bits per heavy atom. The molecule has 2 aromatic carbocycles. The molecule has 1 amide bonds. The van der Waals surface area contributed by atoms with Gasteiger partial charge in [0.15, 0.2) is 6.61 Å². The molecule has 0 aliphatic heterocycles. The van der Waals surface area contributed by atoms with E-state index in [0.29, 0.717) is 13.0 Å². The van der Waals surface area contributed by atoms with Gasteiger partial charge in [-0.15, -0.1) is 0 Å². The third-order valence-corrected chi connectivity index (χ3v) is 5.14. The minimum Gasteiger partial charge on any atom is -0.452 e. The maximum Gasteiger partial charge on any atom is 0.340 e. The van der Waals surface area contributed by atoms with Gasteiger partial charge in [0, 0.05) is 13.6 Å². The van der Waals surface area contributed by atoms with Crippen molar-refractivity contribution >= 4 is 27.6 Å². The molecule has 0 radical (unpaired) electrons. The van der Waals surface area contributed by atoms with Gasteiger partial charge in [0.25, 0.3) is 5.91 Å². The first-order valence-electron chi connectivity index (χ1n) is 8.39. The molecule has 28 heavy (non-hydrogen) atoms. The van der Waals surface area contributed by atoms with Crippen molar-refractivity contribution in [2.45, 2.75) is 6.42 Å². The van der Waals surface area contributed by atoms with E-state index in [2.05, 4.69) is 5.32 Å². The molecule has 0 fully saturated rings. The molecule has 0 bridgehead atoms. The number of para-hydroxylation sites is 1. The number of amides is 1. The lowest BCUT2D eigenvalue weighted by atomic mass is 10.1. The summed E-state index contributed by atoms with van der Waals surface area (Å²) >= 11 is 0. The number of sulfonamides is 1. The number of anilines is 1. The van der Waals surface area contributed by atoms with Gasteiger partial charge in [-0.2, -0.15) is 0 Å². The lowest BCUT2D eigenvalue weighted by molar-refractivity contribution is -0.124. The number of benzene rings is 2. The summed E-state index contributed by atoms with van der Waals surface area (Å²) in [5, 5.41) is 2.60. The number of hydrogen-bond acceptors (Lipinski definition) is 5. The van der Waals surface area contributed by atoms with Crippen molar-refractivity contribution in [3.8, 4) is 0 Å². The summed E-state index contributed by atoms with van der Waals surface area (Å²) in [4.78, 5) is 24.1. The summed E-state index contributed by atoms with van der Waals surface area (Å²) in [6.45, 7) is -0.200. The predicted octanol–water partition coefficient (Wildman–Crippen LogP) is 1.74. The van der Waals surface area contributed by atoms with E-state index in [1.54, 1.807) is 24.3 Å². The monoisotopic (exact) mass is 408 g/mol. The summed E-state index contributed by atoms with van der Waals surface area (Å²) in [5.74, 6) is -1.63. The van der Waals surface area contributed by atoms with Gasteiger partial charge < -0.3 is 10.1 Å². The molecule has 0 unspecified atom stereocenters. The number of carbonyl (C=O) groups excluding carboxylic acids is 2. The maximum atomic E-state index is 12.8. The van der Waals surface area contributed by atoms with Crippen molar-refractivity contribution < 1.29 is 27.1 Å². The molecule has 0 heterocycles. The second-order valence-corrected chi connectivity index (χ2v) is 8.06. The fourth-order valence-corrected chi connectivity index (χ4v) is 2.87. The Morgan fingerprint density at radius 3 is 2.39 bits per heavy atom. The van der Waals surface area contributed by atoms with E-state index in [4.69, 9.17) is 4.74 Å². The first-order valence-corrected chi connectivity index (χ1v) is 10.2. The van der Waals surface area contributed by atoms with Crippen molar-refractivity contribution in [3.63, 3.8) is 0 Å². The number of rotatable bonds is 8. The molecule has 0 atom stereocenters. The van der Waals surface area contributed by atoms with Crippen LogP contribution >= 0.6 is 0 Å². The Labute approximate surface area is 163 Å². The summed E-state index contributed by atoms with van der Waals surface area (Å²) in [7, 11) is -2.24. The summed E-state index contributed by atoms with van der Waals surface area (Å²) < 4.78 is 42.2. The Kier molecular flexibility index (Phi) is 7.11. The Bertz CT molecular complexity index is 945. The molecule has 0 aliphatic carbocycles. The molecule has 1 N–H and O–H groups in total. The maximum absolute atomic E-state index is 12.8. The van der Waals surface area contributed by atoms with Gasteiger partial charge in [0.1, 0.15) is 5.82 Å². The quantitative estimate of drug-likeness (QED) is 0.672. The van der Waals surface area contributed by atoms with Gasteiger partial charge in [-0.1, -0.05) is 24.3 Å². The van der Waals surface area contributed by atoms with E-state index in [0.717, 1.165) is 16.1 Å². The second kappa shape index (κ2) is 9.32. The predicted molar refractivity (Wildman–Crippen MR) is 103 cm³/mol. The average Bonchev–Trinajstić information content (AvgIpc) is 2.66. The highest BCUT2D eigenvalue weighted by atomic mass is 32.2. The SMILES string of the molecule is CN(c1ccccc1C(=O)OCC(=O)NCCc1ccc(F)cc1)S(C)(=O)=O. The van der Waals surface area contributed by atoms with Gasteiger partial charge in [-0.3, -0.25) is 9.10 Å². The van der Waals surface area contributed by atoms with Gasteiger partial charge in [-0.05, 0) is 36.2 Å². The van der Waals surface area contributed by atoms with Crippen LogP contribution < -0.4 is 9.62 Å². The minimum absolute atomic E-state index is 0.0366. The van der Waals surface area contributed by atoms with Crippen molar-refractivity contribution in [1.82, 2.24) is 5.32 Å². The number of nitrogens with zero attached hydrogens (tertiary/aromatic N) is 1. The van der Waals surface area contributed by atoms with Crippen molar-refractivity contribution in [1.29, 1.82) is 0 Å². The molecule has 0 saturated carbocycles. The average molecular weight is 408 g/mol. The molecule has 2 rings (SSSR count). The van der Waals surface area contributed by atoms with Gasteiger partial charge in [0.05, 0.1) is 17.5 Å². The largest absolute Gasteiger partial charge is 0.452 e. The molecular formula is C19H21FN2O5S. The summed E-state index contributed by atoms with van der Waals surface area (Å²) in [6, 6.07) is 12.0. The topological polar surface area (TPSA) is 92.8 Å². The molecule has 150 valence electrons. The molecule has 0 spiro atoms. The summed E-state index contributed by atoms with van der Waals surface area (Å²) in [5.41, 5.74) is 1.05. The van der Waals surface area contributed by atoms with E-state index in [-0.39, 0.29) is 17.1 Å². The molecule has 7 nitrogen and oxygen atoms in total. The van der Waals surface area contributed by atoms with E-state index < -0.39 is 28.5 Å². The van der Waals surface area contributed by atoms with Crippen LogP contribution in [0.1, 0.15) is 15.9 Å². The third kappa shape index (κ3) is 6.05. The van der Waals surface area contributed by atoms with Crippen molar-refractivity contribution in [2.24, 2.45) is 0 Å². The number of nitrogens with one attached hydrogen (secondary N) is 1. The molecule has 0 aliphatic rings. The van der Waals surface area contributed by atoms with Crippen molar-refractivity contribution in [2.75, 3.05) is 30.8 Å². The minimum atomic E-state index is -3.56. The molecule has 9 heteroatoms. The molecule has 0 saturated heterocycles. The first kappa shape index (κ1) is 21.4. The highest BCUT2D eigenvalue weighted by molar-refractivity contribution is 7.92. The number of carbonyl (C=O) groups is 2. The van der Waals surface area contributed by atoms with Crippen LogP contribution in [0.15, 0.2) is 48.5 Å². The Morgan fingerprint density at radius 1 is 1.11 bits per heavy atom. The number of hydrogen-bond donors (Lipinski definition) is 1. The lowest BCUT2D eigenvalue weighted by Gasteiger charge is -2.19. The number of ether oxygens (including phenoxy) is 1. The standard InChI is InChI=1S/C19H21FN2O5S/c1-22(28(2,25)26)17-6-4-3-5-16(17)19(24)27-13-18(23)21-12-11-14-7-9-15(20)10-8-14/h3-10H,11-13H2,1-2H3,(H,21,23). The first-order chi connectivity index (χ1) is 13.2. The van der Waals surface area contributed by atoms with Crippen LogP contribution in [0.2, 0.25) is 0 Å². The van der Waals surface area contributed by atoms with Crippen LogP contribution in [0.5, 0.6) is 0 Å². The van der Waals surface area contributed by atoms with E-state index in [9.17, 15) is 22.4 Å². The van der Waals surface area contributed by atoms with Crippen LogP contribution in [0.4, 0.5) is 10.1 Å². The highest BCUT2D eigenvalue weighted by Gasteiger charge is 2.20. The Balaban J connectivity index is 1.88. The zero-order valence-electron chi connectivity index (χ0n) is 15.5. The molecular weight excluding hydrogens is 387 g/mol. The van der Waals surface area contributed by atoms with E-state index in [1.807, 2.05) is 0 Å². The fraction of sp³-hybridized carbons (Fsp3) is 0.263. The third-order valence-electron chi connectivity index (χ3n) is 3.94. The lowest BCUT2D eigenvalue weighted by Crippen LogP contribution is -2.31. The van der Waals surface area contributed by atoms with Gasteiger partial charge in [0.2, 0.25) is 10.0 Å². The van der Waals surface area contributed by atoms with Crippen LogP contribution in [0, 0.1) is 5.82 Å². The Hall–Kier alpha value is -2.94. The highest BCUT2D eigenvalue weighted by Crippen LogP contribution is 2.22. The van der Waals surface area contributed by atoms with E-state index in [1.165, 1.54) is 31.3 Å².